The summed E-state index contributed by atoms with van der Waals surface area (Å²) in [7, 11) is 0. The molecule has 2 N–H and O–H groups in total. The molecule has 10 heteroatoms. The molecule has 2 heterocycles. The molecular formula is C14H18F3N5O2. The number of alkyl halides is 3. The van der Waals surface area contributed by atoms with Crippen molar-refractivity contribution in [3.05, 3.63) is 5.82 Å². The van der Waals surface area contributed by atoms with E-state index in [9.17, 15) is 22.8 Å². The number of rotatable bonds is 3. The van der Waals surface area contributed by atoms with Crippen LogP contribution in [0.1, 0.15) is 38.4 Å². The zero-order valence-corrected chi connectivity index (χ0v) is 13.1. The Morgan fingerprint density at radius 1 is 1.33 bits per heavy atom. The average molecular weight is 345 g/mol. The SMILES string of the molecule is C[C@@H]1C[C@H]1C(=O)N1CCCC[C@H]1C(=O)Nc1n[nH]c(C(F)(F)F)n1. The number of hydrogen-bond acceptors (Lipinski definition) is 4. The molecule has 0 unspecified atom stereocenters. The highest BCUT2D eigenvalue weighted by atomic mass is 19.4. The van der Waals surface area contributed by atoms with E-state index in [4.69, 9.17) is 0 Å². The minimum absolute atomic E-state index is 0.0428. The standard InChI is InChI=1S/C14H18F3N5O2/c1-7-6-8(7)11(24)22-5-3-2-4-9(22)10(23)18-13-19-12(20-21-13)14(15,16)17/h7-9H,2-6H2,1H3,(H2,18,19,20,21,23)/t7-,8-,9+/m1/s1. The van der Waals surface area contributed by atoms with Crippen molar-refractivity contribution in [3.63, 3.8) is 0 Å². The third kappa shape index (κ3) is 3.36. The van der Waals surface area contributed by atoms with E-state index < -0.39 is 29.9 Å². The van der Waals surface area contributed by atoms with Crippen LogP contribution in [-0.4, -0.2) is 44.5 Å². The smallest absolute Gasteiger partial charge is 0.330 e. The summed E-state index contributed by atoms with van der Waals surface area (Å²) in [5, 5.41) is 7.37. The number of carbonyl (C=O) groups excluding carboxylic acids is 2. The van der Waals surface area contributed by atoms with Crippen molar-refractivity contribution in [2.24, 2.45) is 11.8 Å². The van der Waals surface area contributed by atoms with Gasteiger partial charge in [0.15, 0.2) is 0 Å². The van der Waals surface area contributed by atoms with Gasteiger partial charge in [-0.2, -0.15) is 18.2 Å². The molecule has 2 fully saturated rings. The van der Waals surface area contributed by atoms with Gasteiger partial charge >= 0.3 is 6.18 Å². The molecule has 1 saturated heterocycles. The molecule has 2 amide bonds. The first-order valence-corrected chi connectivity index (χ1v) is 7.88. The molecule has 2 aliphatic rings. The van der Waals surface area contributed by atoms with Crippen LogP contribution in [0.2, 0.25) is 0 Å². The second-order valence-corrected chi connectivity index (χ2v) is 6.36. The van der Waals surface area contributed by atoms with Crippen LogP contribution in [0.5, 0.6) is 0 Å². The van der Waals surface area contributed by atoms with Gasteiger partial charge in [-0.25, -0.2) is 0 Å². The molecule has 1 aromatic rings. The summed E-state index contributed by atoms with van der Waals surface area (Å²) in [6.45, 7) is 2.47. The maximum Gasteiger partial charge on any atom is 0.451 e. The molecule has 3 atom stereocenters. The van der Waals surface area contributed by atoms with E-state index in [0.29, 0.717) is 18.9 Å². The van der Waals surface area contributed by atoms with Gasteiger partial charge in [-0.15, -0.1) is 5.10 Å². The molecule has 24 heavy (non-hydrogen) atoms. The number of nitrogens with zero attached hydrogens (tertiary/aromatic N) is 3. The predicted molar refractivity (Wildman–Crippen MR) is 76.6 cm³/mol. The number of piperidine rings is 1. The first-order chi connectivity index (χ1) is 11.3. The van der Waals surface area contributed by atoms with Crippen molar-refractivity contribution >= 4 is 17.8 Å². The molecule has 0 radical (unpaired) electrons. The van der Waals surface area contributed by atoms with Gasteiger partial charge in [0.25, 0.3) is 0 Å². The van der Waals surface area contributed by atoms with Crippen LogP contribution in [0.4, 0.5) is 19.1 Å². The number of aromatic nitrogens is 3. The third-order valence-corrected chi connectivity index (χ3v) is 4.50. The summed E-state index contributed by atoms with van der Waals surface area (Å²) in [5.41, 5.74) is 0. The Balaban J connectivity index is 1.68. The summed E-state index contributed by atoms with van der Waals surface area (Å²) >= 11 is 0. The Hall–Kier alpha value is -2.13. The van der Waals surface area contributed by atoms with Crippen molar-refractivity contribution in [3.8, 4) is 0 Å². The number of aromatic amines is 1. The van der Waals surface area contributed by atoms with Crippen LogP contribution >= 0.6 is 0 Å². The van der Waals surface area contributed by atoms with Crippen LogP contribution in [0.3, 0.4) is 0 Å². The van der Waals surface area contributed by atoms with Crippen molar-refractivity contribution < 1.29 is 22.8 Å². The van der Waals surface area contributed by atoms with Gasteiger partial charge in [-0.05, 0) is 31.6 Å². The highest BCUT2D eigenvalue weighted by molar-refractivity contribution is 5.96. The van der Waals surface area contributed by atoms with E-state index in [-0.39, 0.29) is 11.8 Å². The monoisotopic (exact) mass is 345 g/mol. The Morgan fingerprint density at radius 3 is 2.62 bits per heavy atom. The molecule has 1 aliphatic carbocycles. The summed E-state index contributed by atoms with van der Waals surface area (Å²) in [6, 6.07) is -0.688. The Morgan fingerprint density at radius 2 is 2.04 bits per heavy atom. The molecule has 3 rings (SSSR count). The number of carbonyl (C=O) groups is 2. The summed E-state index contributed by atoms with van der Waals surface area (Å²) < 4.78 is 37.5. The molecule has 1 saturated carbocycles. The van der Waals surface area contributed by atoms with E-state index in [1.54, 1.807) is 10.00 Å². The Kier molecular flexibility index (Phi) is 4.22. The highest BCUT2D eigenvalue weighted by Gasteiger charge is 2.45. The van der Waals surface area contributed by atoms with Crippen LogP contribution in [0, 0.1) is 11.8 Å². The van der Waals surface area contributed by atoms with E-state index in [1.165, 1.54) is 0 Å². The minimum atomic E-state index is -4.66. The molecule has 0 spiro atoms. The van der Waals surface area contributed by atoms with Crippen LogP contribution < -0.4 is 5.32 Å². The maximum absolute atomic E-state index is 12.5. The van der Waals surface area contributed by atoms with E-state index >= 15 is 0 Å². The average Bonchev–Trinajstić information content (AvgIpc) is 3.06. The largest absolute Gasteiger partial charge is 0.451 e. The normalized spacial score (nSPS) is 27.0. The zero-order chi connectivity index (χ0) is 17.5. The molecule has 7 nitrogen and oxygen atoms in total. The fourth-order valence-corrected chi connectivity index (χ4v) is 2.99. The van der Waals surface area contributed by atoms with Crippen molar-refractivity contribution in [1.82, 2.24) is 20.1 Å². The fraction of sp³-hybridized carbons (Fsp3) is 0.714. The number of amides is 2. The van der Waals surface area contributed by atoms with Crippen LogP contribution in [-0.2, 0) is 15.8 Å². The van der Waals surface area contributed by atoms with Crippen LogP contribution in [0.15, 0.2) is 0 Å². The van der Waals surface area contributed by atoms with Crippen molar-refractivity contribution in [1.29, 1.82) is 0 Å². The lowest BCUT2D eigenvalue weighted by Gasteiger charge is -2.34. The summed E-state index contributed by atoms with van der Waals surface area (Å²) in [6.07, 6.45) is -1.76. The zero-order valence-electron chi connectivity index (χ0n) is 13.1. The van der Waals surface area contributed by atoms with Gasteiger partial charge in [-0.1, -0.05) is 6.92 Å². The van der Waals surface area contributed by atoms with Gasteiger partial charge < -0.3 is 4.90 Å². The number of halogens is 3. The number of anilines is 1. The van der Waals surface area contributed by atoms with E-state index in [1.807, 2.05) is 6.92 Å². The minimum Gasteiger partial charge on any atom is -0.330 e. The lowest BCUT2D eigenvalue weighted by Crippen LogP contribution is -2.50. The van der Waals surface area contributed by atoms with Gasteiger partial charge in [0, 0.05) is 12.5 Å². The van der Waals surface area contributed by atoms with Crippen LogP contribution in [0.25, 0.3) is 0 Å². The topological polar surface area (TPSA) is 91.0 Å². The Labute approximate surface area is 136 Å². The number of hydrogen-bond donors (Lipinski definition) is 2. The number of nitrogens with one attached hydrogen (secondary N) is 2. The second kappa shape index (κ2) is 6.06. The van der Waals surface area contributed by atoms with Crippen molar-refractivity contribution in [2.45, 2.75) is 44.8 Å². The van der Waals surface area contributed by atoms with E-state index in [0.717, 1.165) is 19.3 Å². The second-order valence-electron chi connectivity index (χ2n) is 6.36. The molecule has 0 bridgehead atoms. The van der Waals surface area contributed by atoms with Crippen molar-refractivity contribution in [2.75, 3.05) is 11.9 Å². The van der Waals surface area contributed by atoms with Gasteiger partial charge in [-0.3, -0.25) is 20.0 Å². The maximum atomic E-state index is 12.5. The fourth-order valence-electron chi connectivity index (χ4n) is 2.99. The lowest BCUT2D eigenvalue weighted by atomic mass is 10.0. The van der Waals surface area contributed by atoms with Gasteiger partial charge in [0.1, 0.15) is 6.04 Å². The predicted octanol–water partition coefficient (Wildman–Crippen LogP) is 1.80. The lowest BCUT2D eigenvalue weighted by molar-refractivity contribution is -0.144. The molecular weight excluding hydrogens is 327 g/mol. The first-order valence-electron chi connectivity index (χ1n) is 7.88. The summed E-state index contributed by atoms with van der Waals surface area (Å²) in [5.74, 6) is -2.03. The highest BCUT2D eigenvalue weighted by Crippen LogP contribution is 2.40. The number of H-pyrrole nitrogens is 1. The van der Waals surface area contributed by atoms with E-state index in [2.05, 4.69) is 15.4 Å². The molecule has 1 aromatic heterocycles. The quantitative estimate of drug-likeness (QED) is 0.874. The molecule has 1 aliphatic heterocycles. The Bertz CT molecular complexity index is 645. The third-order valence-electron chi connectivity index (χ3n) is 4.50. The molecule has 0 aromatic carbocycles. The number of likely N-dealkylation sites (tertiary alicyclic amines) is 1. The summed E-state index contributed by atoms with van der Waals surface area (Å²) in [4.78, 5) is 29.6. The molecule has 132 valence electrons. The van der Waals surface area contributed by atoms with Gasteiger partial charge in [0.05, 0.1) is 0 Å². The first kappa shape index (κ1) is 16.7. The van der Waals surface area contributed by atoms with Gasteiger partial charge in [0.2, 0.25) is 23.6 Å².